The molecule has 2 saturated heterocycles. The highest BCUT2D eigenvalue weighted by molar-refractivity contribution is 6.07. The van der Waals surface area contributed by atoms with Gasteiger partial charge in [0.25, 0.3) is 12.3 Å². The molecule has 2 aliphatic heterocycles. The number of aromatic nitrogens is 3. The summed E-state index contributed by atoms with van der Waals surface area (Å²) in [5.41, 5.74) is -2.96. The van der Waals surface area contributed by atoms with Gasteiger partial charge in [0.1, 0.15) is 11.5 Å². The summed E-state index contributed by atoms with van der Waals surface area (Å²) in [4.78, 5) is 41.6. The number of halogens is 4. The van der Waals surface area contributed by atoms with Gasteiger partial charge in [-0.25, -0.2) is 27.5 Å². The fourth-order valence-corrected chi connectivity index (χ4v) is 5.50. The molecule has 0 bridgehead atoms. The molecule has 10 nitrogen and oxygen atoms in total. The standard InChI is InChI=1S/C29H33F4N7O3/c1-15-12-40(13-16(2)38(15)4)22-8-21(30)24(18-9-35-29(36-10-18)39-5-6-43-17(3)14-39)25(31)26(22)37-28(42)20-11-34-23(41)7-19(20)27(32)33/h7-11,15-17,27H,5-6,12-14H2,1-4H3,(H,34,41)(H,37,42)/t15-,16+,17-/m0/s1. The smallest absolute Gasteiger partial charge is 0.264 e. The number of morpholine rings is 1. The highest BCUT2D eigenvalue weighted by atomic mass is 19.3. The molecule has 0 unspecified atom stereocenters. The Bertz CT molecular complexity index is 1540. The minimum Gasteiger partial charge on any atom is -0.375 e. The molecule has 1 aromatic carbocycles. The summed E-state index contributed by atoms with van der Waals surface area (Å²) in [6.07, 6.45) is 0.275. The third-order valence-corrected chi connectivity index (χ3v) is 8.02. The van der Waals surface area contributed by atoms with Gasteiger partial charge in [0.05, 0.1) is 29.5 Å². The average Bonchev–Trinajstić information content (AvgIpc) is 2.97. The third-order valence-electron chi connectivity index (χ3n) is 8.02. The zero-order chi connectivity index (χ0) is 31.0. The van der Waals surface area contributed by atoms with Gasteiger partial charge >= 0.3 is 0 Å². The summed E-state index contributed by atoms with van der Waals surface area (Å²) >= 11 is 0. The Morgan fingerprint density at radius 2 is 1.74 bits per heavy atom. The van der Waals surface area contributed by atoms with Crippen molar-refractivity contribution in [2.45, 2.75) is 45.4 Å². The molecule has 2 aromatic heterocycles. The van der Waals surface area contributed by atoms with E-state index in [9.17, 15) is 18.4 Å². The van der Waals surface area contributed by atoms with Gasteiger partial charge < -0.3 is 24.8 Å². The van der Waals surface area contributed by atoms with E-state index < -0.39 is 46.2 Å². The van der Waals surface area contributed by atoms with Crippen molar-refractivity contribution in [3.8, 4) is 11.1 Å². The second-order valence-corrected chi connectivity index (χ2v) is 11.0. The van der Waals surface area contributed by atoms with Crippen LogP contribution in [0.3, 0.4) is 0 Å². The molecule has 3 atom stereocenters. The van der Waals surface area contributed by atoms with E-state index in [1.165, 1.54) is 12.4 Å². The molecule has 0 saturated carbocycles. The van der Waals surface area contributed by atoms with Crippen LogP contribution >= 0.6 is 0 Å². The maximum absolute atomic E-state index is 16.4. The maximum atomic E-state index is 16.4. The zero-order valence-electron chi connectivity index (χ0n) is 24.2. The van der Waals surface area contributed by atoms with Gasteiger partial charge in [-0.3, -0.25) is 14.5 Å². The summed E-state index contributed by atoms with van der Waals surface area (Å²) in [5.74, 6) is -2.73. The average molecular weight is 604 g/mol. The van der Waals surface area contributed by atoms with Crippen molar-refractivity contribution in [1.82, 2.24) is 19.9 Å². The number of pyridine rings is 1. The Balaban J connectivity index is 1.57. The van der Waals surface area contributed by atoms with Gasteiger partial charge in [0.15, 0.2) is 5.82 Å². The number of alkyl halides is 2. The van der Waals surface area contributed by atoms with Gasteiger partial charge in [-0.15, -0.1) is 0 Å². The number of aromatic amines is 1. The summed E-state index contributed by atoms with van der Waals surface area (Å²) < 4.78 is 65.2. The van der Waals surface area contributed by atoms with Crippen molar-refractivity contribution in [2.75, 3.05) is 55.0 Å². The van der Waals surface area contributed by atoms with E-state index in [0.717, 1.165) is 12.3 Å². The van der Waals surface area contributed by atoms with Crippen LogP contribution in [0.5, 0.6) is 0 Å². The number of nitrogens with one attached hydrogen (secondary N) is 2. The quantitative estimate of drug-likeness (QED) is 0.407. The monoisotopic (exact) mass is 603 g/mol. The normalized spacial score (nSPS) is 21.4. The van der Waals surface area contributed by atoms with Crippen molar-refractivity contribution < 1.29 is 27.1 Å². The second kappa shape index (κ2) is 12.3. The highest BCUT2D eigenvalue weighted by Gasteiger charge is 2.32. The summed E-state index contributed by atoms with van der Waals surface area (Å²) in [6.45, 7) is 8.23. The first kappa shape index (κ1) is 30.4. The second-order valence-electron chi connectivity index (χ2n) is 11.0. The van der Waals surface area contributed by atoms with E-state index >= 15 is 8.78 Å². The Morgan fingerprint density at radius 1 is 1.07 bits per heavy atom. The molecule has 43 heavy (non-hydrogen) atoms. The lowest BCUT2D eigenvalue weighted by atomic mass is 10.0. The number of H-pyrrole nitrogens is 1. The topological polar surface area (TPSA) is 107 Å². The summed E-state index contributed by atoms with van der Waals surface area (Å²) in [6, 6.07) is 1.75. The molecule has 0 aliphatic carbocycles. The number of carbonyl (C=O) groups excluding carboxylic acids is 1. The number of likely N-dealkylation sites (N-methyl/N-ethyl adjacent to an activating group) is 1. The van der Waals surface area contributed by atoms with Crippen molar-refractivity contribution in [3.63, 3.8) is 0 Å². The van der Waals surface area contributed by atoms with Crippen LogP contribution in [-0.2, 0) is 4.74 Å². The number of hydrogen-bond donors (Lipinski definition) is 2. The van der Waals surface area contributed by atoms with Crippen LogP contribution in [0, 0.1) is 11.6 Å². The fraction of sp³-hybridized carbons (Fsp3) is 0.448. The number of rotatable bonds is 6. The van der Waals surface area contributed by atoms with Crippen LogP contribution in [0.4, 0.5) is 34.9 Å². The Morgan fingerprint density at radius 3 is 2.37 bits per heavy atom. The van der Waals surface area contributed by atoms with Gasteiger partial charge in [-0.05, 0) is 27.8 Å². The lowest BCUT2D eigenvalue weighted by Crippen LogP contribution is -2.55. The van der Waals surface area contributed by atoms with E-state index in [0.29, 0.717) is 44.8 Å². The van der Waals surface area contributed by atoms with Gasteiger partial charge in [-0.1, -0.05) is 0 Å². The van der Waals surface area contributed by atoms with Gasteiger partial charge in [-0.2, -0.15) is 0 Å². The Labute approximate surface area is 245 Å². The molecule has 0 spiro atoms. The third kappa shape index (κ3) is 6.20. The molecule has 2 aliphatic rings. The number of amides is 1. The molecule has 0 radical (unpaired) electrons. The summed E-state index contributed by atoms with van der Waals surface area (Å²) in [5, 5.41) is 2.40. The number of hydrogen-bond acceptors (Lipinski definition) is 8. The first-order valence-corrected chi connectivity index (χ1v) is 13.9. The highest BCUT2D eigenvalue weighted by Crippen LogP contribution is 2.39. The lowest BCUT2D eigenvalue weighted by Gasteiger charge is -2.44. The van der Waals surface area contributed by atoms with Crippen molar-refractivity contribution in [1.29, 1.82) is 0 Å². The number of nitrogens with zero attached hydrogens (tertiary/aromatic N) is 5. The zero-order valence-corrected chi connectivity index (χ0v) is 24.2. The molecule has 14 heteroatoms. The molecule has 230 valence electrons. The van der Waals surface area contributed by atoms with Crippen LogP contribution in [0.25, 0.3) is 11.1 Å². The Hall–Kier alpha value is -4.04. The molecule has 2 N–H and O–H groups in total. The molecular formula is C29H33F4N7O3. The molecule has 5 rings (SSSR count). The number of piperazine rings is 1. The van der Waals surface area contributed by atoms with Gasteiger partial charge in [0, 0.05) is 80.1 Å². The molecule has 4 heterocycles. The van der Waals surface area contributed by atoms with E-state index in [1.807, 2.05) is 32.7 Å². The predicted octanol–water partition coefficient (Wildman–Crippen LogP) is 4.05. The first-order chi connectivity index (χ1) is 20.4. The van der Waals surface area contributed by atoms with Crippen LogP contribution < -0.4 is 20.7 Å². The fourth-order valence-electron chi connectivity index (χ4n) is 5.50. The van der Waals surface area contributed by atoms with E-state index in [4.69, 9.17) is 4.74 Å². The molecule has 2 fully saturated rings. The maximum Gasteiger partial charge on any atom is 0.264 e. The number of carbonyl (C=O) groups is 1. The largest absolute Gasteiger partial charge is 0.375 e. The van der Waals surface area contributed by atoms with E-state index in [-0.39, 0.29) is 35.1 Å². The van der Waals surface area contributed by atoms with Crippen LogP contribution in [-0.4, -0.2) is 83.8 Å². The summed E-state index contributed by atoms with van der Waals surface area (Å²) in [7, 11) is 1.95. The number of ether oxygens (including phenoxy) is 1. The first-order valence-electron chi connectivity index (χ1n) is 13.9. The van der Waals surface area contributed by atoms with Crippen LogP contribution in [0.2, 0.25) is 0 Å². The SMILES string of the molecule is C[C@@H]1CN(c2cc(F)c(-c3cnc(N4CCO[C@@H](C)C4)nc3)c(F)c2NC(=O)c2c[nH]c(=O)cc2C(F)F)C[C@H](C)N1C. The predicted molar refractivity (Wildman–Crippen MR) is 154 cm³/mol. The minimum absolute atomic E-state index is 0.00610. The number of benzene rings is 1. The Kier molecular flexibility index (Phi) is 8.69. The van der Waals surface area contributed by atoms with Gasteiger partial charge in [0.2, 0.25) is 11.5 Å². The van der Waals surface area contributed by atoms with Crippen LogP contribution in [0.1, 0.15) is 43.1 Å². The van der Waals surface area contributed by atoms with Crippen LogP contribution in [0.15, 0.2) is 35.5 Å². The van der Waals surface area contributed by atoms with Crippen molar-refractivity contribution in [3.05, 3.63) is 63.8 Å². The van der Waals surface area contributed by atoms with E-state index in [1.54, 1.807) is 4.90 Å². The van der Waals surface area contributed by atoms with E-state index in [2.05, 4.69) is 25.2 Å². The lowest BCUT2D eigenvalue weighted by molar-refractivity contribution is 0.0526. The number of anilines is 3. The molecular weight excluding hydrogens is 570 g/mol. The molecule has 3 aromatic rings. The van der Waals surface area contributed by atoms with Crippen molar-refractivity contribution >= 4 is 23.2 Å². The molecule has 1 amide bonds. The van der Waals surface area contributed by atoms with Crippen molar-refractivity contribution in [2.24, 2.45) is 0 Å². The minimum atomic E-state index is -3.14.